The highest BCUT2D eigenvalue weighted by Gasteiger charge is 2.11. The van der Waals surface area contributed by atoms with E-state index in [0.717, 1.165) is 72.6 Å². The lowest BCUT2D eigenvalue weighted by molar-refractivity contribution is 0.0953. The number of nitrogens with zero attached hydrogens (tertiary/aromatic N) is 2. The molecule has 0 spiro atoms. The first-order valence-electron chi connectivity index (χ1n) is 13.5. The zero-order valence-corrected chi connectivity index (χ0v) is 22.7. The minimum Gasteiger partial charge on any atom is -0.493 e. The highest BCUT2D eigenvalue weighted by Crippen LogP contribution is 2.29. The van der Waals surface area contributed by atoms with Gasteiger partial charge in [-0.15, -0.1) is 0 Å². The minimum atomic E-state index is -0.347. The number of carbonyl (C=O) groups excluding carboxylic acids is 1. The number of hydrogen-bond acceptors (Lipinski definition) is 4. The Morgan fingerprint density at radius 2 is 1.82 bits per heavy atom. The number of aryl methyl sites for hydroxylation is 2. The van der Waals surface area contributed by atoms with Gasteiger partial charge in [-0.3, -0.25) is 4.79 Å². The third-order valence-corrected chi connectivity index (χ3v) is 6.53. The van der Waals surface area contributed by atoms with E-state index in [2.05, 4.69) is 16.0 Å². The molecule has 1 heterocycles. The summed E-state index contributed by atoms with van der Waals surface area (Å²) in [4.78, 5) is 17.1. The van der Waals surface area contributed by atoms with Crippen molar-refractivity contribution in [3.63, 3.8) is 0 Å². The molecule has 0 saturated heterocycles. The maximum Gasteiger partial charge on any atom is 0.251 e. The summed E-state index contributed by atoms with van der Waals surface area (Å²) in [5.74, 6) is 2.02. The van der Waals surface area contributed by atoms with E-state index < -0.39 is 0 Å². The number of hydrogen-bond donors (Lipinski definition) is 1. The topological polar surface area (TPSA) is 65.4 Å². The third kappa shape index (κ3) is 7.69. The SMILES string of the molecule is C/C=C/c1ccc(OCCCn2c(CCCCCNC(=O)c3ccc(F)cc3)nc3ccccc32)c(OC)c1. The van der Waals surface area contributed by atoms with Crippen LogP contribution >= 0.6 is 0 Å². The summed E-state index contributed by atoms with van der Waals surface area (Å²) < 4.78 is 26.9. The van der Waals surface area contributed by atoms with Crippen LogP contribution in [0.3, 0.4) is 0 Å². The Morgan fingerprint density at radius 3 is 2.62 bits per heavy atom. The monoisotopic (exact) mass is 529 g/mol. The maximum absolute atomic E-state index is 13.0. The number of unbranched alkanes of at least 4 members (excludes halogenated alkanes) is 2. The molecule has 0 aliphatic heterocycles. The van der Waals surface area contributed by atoms with Crippen LogP contribution in [-0.4, -0.2) is 35.7 Å². The first kappa shape index (κ1) is 27.9. The standard InChI is InChI=1S/C32H36FN3O3/c1-3-10-24-14-19-29(30(23-24)38-2)39-22-9-21-36-28-12-7-6-11-27(28)35-31(36)13-5-4-8-20-34-32(37)25-15-17-26(33)18-16-25/h3,6-7,10-12,14-19,23H,4-5,8-9,13,20-22H2,1-2H3,(H,34,37)/b10-3+. The molecule has 0 fully saturated rings. The molecule has 1 amide bonds. The number of ether oxygens (including phenoxy) is 2. The van der Waals surface area contributed by atoms with Gasteiger partial charge in [0.25, 0.3) is 5.91 Å². The predicted molar refractivity (Wildman–Crippen MR) is 154 cm³/mol. The molecule has 0 atom stereocenters. The van der Waals surface area contributed by atoms with E-state index in [1.54, 1.807) is 7.11 Å². The normalized spacial score (nSPS) is 11.3. The van der Waals surface area contributed by atoms with Gasteiger partial charge in [0.2, 0.25) is 0 Å². The minimum absolute atomic E-state index is 0.176. The Bertz CT molecular complexity index is 1400. The number of allylic oxidation sites excluding steroid dienone is 1. The molecule has 0 bridgehead atoms. The van der Waals surface area contributed by atoms with Gasteiger partial charge in [0, 0.05) is 25.1 Å². The van der Waals surface area contributed by atoms with Gasteiger partial charge in [-0.2, -0.15) is 0 Å². The van der Waals surface area contributed by atoms with Gasteiger partial charge in [-0.05, 0) is 80.3 Å². The van der Waals surface area contributed by atoms with Gasteiger partial charge in [-0.1, -0.05) is 36.8 Å². The van der Waals surface area contributed by atoms with Crippen LogP contribution in [0.5, 0.6) is 11.5 Å². The van der Waals surface area contributed by atoms with Crippen molar-refractivity contribution in [3.8, 4) is 11.5 Å². The average molecular weight is 530 g/mol. The molecule has 1 N–H and O–H groups in total. The number of nitrogens with one attached hydrogen (secondary N) is 1. The highest BCUT2D eigenvalue weighted by molar-refractivity contribution is 5.94. The Morgan fingerprint density at radius 1 is 1.00 bits per heavy atom. The van der Waals surface area contributed by atoms with Crippen LogP contribution in [0.4, 0.5) is 4.39 Å². The van der Waals surface area contributed by atoms with E-state index >= 15 is 0 Å². The van der Waals surface area contributed by atoms with Crippen LogP contribution in [0, 0.1) is 5.82 Å². The molecule has 0 aliphatic rings. The van der Waals surface area contributed by atoms with Crippen molar-refractivity contribution in [2.45, 2.75) is 45.6 Å². The van der Waals surface area contributed by atoms with Crippen molar-refractivity contribution in [2.24, 2.45) is 0 Å². The molecule has 204 valence electrons. The highest BCUT2D eigenvalue weighted by atomic mass is 19.1. The Hall–Kier alpha value is -4.13. The molecule has 4 rings (SSSR count). The van der Waals surface area contributed by atoms with Crippen molar-refractivity contribution >= 4 is 23.0 Å². The zero-order valence-electron chi connectivity index (χ0n) is 22.7. The van der Waals surface area contributed by atoms with Crippen LogP contribution < -0.4 is 14.8 Å². The second-order valence-electron chi connectivity index (χ2n) is 9.35. The molecule has 4 aromatic rings. The fraction of sp³-hybridized carbons (Fsp3) is 0.312. The van der Waals surface area contributed by atoms with E-state index in [9.17, 15) is 9.18 Å². The zero-order chi connectivity index (χ0) is 27.5. The molecule has 0 saturated carbocycles. The molecule has 7 heteroatoms. The molecule has 0 unspecified atom stereocenters. The number of amides is 1. The Kier molecular flexibility index (Phi) is 10.1. The summed E-state index contributed by atoms with van der Waals surface area (Å²) >= 11 is 0. The lowest BCUT2D eigenvalue weighted by atomic mass is 10.1. The molecule has 1 aromatic heterocycles. The van der Waals surface area contributed by atoms with Crippen molar-refractivity contribution in [3.05, 3.63) is 95.6 Å². The van der Waals surface area contributed by atoms with E-state index in [0.29, 0.717) is 18.7 Å². The summed E-state index contributed by atoms with van der Waals surface area (Å²) in [5, 5.41) is 2.91. The first-order chi connectivity index (χ1) is 19.1. The Balaban J connectivity index is 1.26. The van der Waals surface area contributed by atoms with Crippen molar-refractivity contribution in [2.75, 3.05) is 20.3 Å². The van der Waals surface area contributed by atoms with Crippen LogP contribution in [0.15, 0.2) is 72.8 Å². The maximum atomic E-state index is 13.0. The lowest BCUT2D eigenvalue weighted by Crippen LogP contribution is -2.24. The quantitative estimate of drug-likeness (QED) is 0.182. The number of halogens is 1. The lowest BCUT2D eigenvalue weighted by Gasteiger charge is -2.13. The summed E-state index contributed by atoms with van der Waals surface area (Å²) in [6.45, 7) is 3.95. The number of para-hydroxylation sites is 2. The summed E-state index contributed by atoms with van der Waals surface area (Å²) in [5.41, 5.74) is 3.68. The van der Waals surface area contributed by atoms with Gasteiger partial charge >= 0.3 is 0 Å². The number of imidazole rings is 1. The van der Waals surface area contributed by atoms with Crippen LogP contribution in [0.25, 0.3) is 17.1 Å². The van der Waals surface area contributed by atoms with E-state index in [-0.39, 0.29) is 11.7 Å². The van der Waals surface area contributed by atoms with Crippen LogP contribution in [-0.2, 0) is 13.0 Å². The molecular formula is C32H36FN3O3. The number of carbonyl (C=O) groups is 1. The van der Waals surface area contributed by atoms with Crippen LogP contribution in [0.1, 0.15) is 54.4 Å². The summed E-state index contributed by atoms with van der Waals surface area (Å²) in [6.07, 6.45) is 8.54. The number of methoxy groups -OCH3 is 1. The second-order valence-corrected chi connectivity index (χ2v) is 9.35. The number of aromatic nitrogens is 2. The van der Waals surface area contributed by atoms with Crippen molar-refractivity contribution in [1.29, 1.82) is 0 Å². The molecule has 39 heavy (non-hydrogen) atoms. The van der Waals surface area contributed by atoms with E-state index in [4.69, 9.17) is 14.5 Å². The van der Waals surface area contributed by atoms with Crippen molar-refractivity contribution in [1.82, 2.24) is 14.9 Å². The van der Waals surface area contributed by atoms with Crippen LogP contribution in [0.2, 0.25) is 0 Å². The largest absolute Gasteiger partial charge is 0.493 e. The molecule has 6 nitrogen and oxygen atoms in total. The van der Waals surface area contributed by atoms with Gasteiger partial charge in [0.05, 0.1) is 24.8 Å². The summed E-state index contributed by atoms with van der Waals surface area (Å²) in [6, 6.07) is 19.8. The van der Waals surface area contributed by atoms with Gasteiger partial charge < -0.3 is 19.4 Å². The number of fused-ring (bicyclic) bond motifs is 1. The smallest absolute Gasteiger partial charge is 0.251 e. The first-order valence-corrected chi connectivity index (χ1v) is 13.5. The predicted octanol–water partition coefficient (Wildman–Crippen LogP) is 6.83. The molecule has 0 aliphatic carbocycles. The van der Waals surface area contributed by atoms with Gasteiger partial charge in [0.1, 0.15) is 11.6 Å². The van der Waals surface area contributed by atoms with E-state index in [1.165, 1.54) is 24.3 Å². The number of benzene rings is 3. The molecule has 3 aromatic carbocycles. The van der Waals surface area contributed by atoms with E-state index in [1.807, 2.05) is 55.5 Å². The van der Waals surface area contributed by atoms with Gasteiger partial charge in [0.15, 0.2) is 11.5 Å². The second kappa shape index (κ2) is 14.1. The fourth-order valence-corrected chi connectivity index (χ4v) is 4.56. The molecular weight excluding hydrogens is 493 g/mol. The Labute approximate surface area is 229 Å². The average Bonchev–Trinajstić information content (AvgIpc) is 3.31. The third-order valence-electron chi connectivity index (χ3n) is 6.53. The number of rotatable bonds is 14. The van der Waals surface area contributed by atoms with Gasteiger partial charge in [-0.25, -0.2) is 9.37 Å². The fourth-order valence-electron chi connectivity index (χ4n) is 4.56. The summed E-state index contributed by atoms with van der Waals surface area (Å²) in [7, 11) is 1.66. The van der Waals surface area contributed by atoms with Crippen molar-refractivity contribution < 1.29 is 18.7 Å². The molecule has 0 radical (unpaired) electrons.